The van der Waals surface area contributed by atoms with Gasteiger partial charge >= 0.3 is 0 Å². The minimum Gasteiger partial charge on any atom is -0.399 e. The van der Waals surface area contributed by atoms with E-state index in [1.165, 1.54) is 12.1 Å². The molecule has 0 amide bonds. The van der Waals surface area contributed by atoms with E-state index in [1.54, 1.807) is 18.2 Å². The van der Waals surface area contributed by atoms with Crippen LogP contribution in [0.4, 0.5) is 10.1 Å². The van der Waals surface area contributed by atoms with Crippen molar-refractivity contribution >= 4 is 27.4 Å². The van der Waals surface area contributed by atoms with Gasteiger partial charge in [-0.05, 0) is 55.3 Å². The summed E-state index contributed by atoms with van der Waals surface area (Å²) in [5.74, 6) is -0.317. The third-order valence-corrected chi connectivity index (χ3v) is 4.07. The molecule has 2 aromatic carbocycles. The Kier molecular flexibility index (Phi) is 4.47. The molecule has 0 aliphatic carbocycles. The van der Waals surface area contributed by atoms with Crippen molar-refractivity contribution in [3.05, 3.63) is 63.9 Å². The van der Waals surface area contributed by atoms with Gasteiger partial charge in [0.2, 0.25) is 0 Å². The van der Waals surface area contributed by atoms with Crippen molar-refractivity contribution < 1.29 is 9.18 Å². The van der Waals surface area contributed by atoms with Crippen LogP contribution in [0.5, 0.6) is 0 Å². The molecule has 0 fully saturated rings. The van der Waals surface area contributed by atoms with Crippen LogP contribution in [0.1, 0.15) is 25.0 Å². The summed E-state index contributed by atoms with van der Waals surface area (Å²) in [5.41, 5.74) is 7.25. The first-order valence-corrected chi connectivity index (χ1v) is 7.42. The number of nitrogen functional groups attached to an aromatic ring is 1. The summed E-state index contributed by atoms with van der Waals surface area (Å²) in [6.45, 7) is 3.74. The number of anilines is 1. The summed E-state index contributed by atoms with van der Waals surface area (Å²) in [4.78, 5) is 12.6. The van der Waals surface area contributed by atoms with Crippen molar-refractivity contribution in [1.29, 1.82) is 0 Å². The molecule has 21 heavy (non-hydrogen) atoms. The number of ketones is 1. The third kappa shape index (κ3) is 3.70. The molecule has 0 saturated heterocycles. The molecule has 2 aromatic rings. The van der Waals surface area contributed by atoms with Crippen LogP contribution in [0.15, 0.2) is 46.9 Å². The van der Waals surface area contributed by atoms with Crippen LogP contribution in [0, 0.1) is 5.82 Å². The maximum Gasteiger partial charge on any atom is 0.147 e. The van der Waals surface area contributed by atoms with E-state index >= 15 is 0 Å². The molecule has 0 spiro atoms. The molecule has 0 unspecified atom stereocenters. The predicted molar refractivity (Wildman–Crippen MR) is 86.7 cm³/mol. The predicted octanol–water partition coefficient (Wildman–Crippen LogP) is 4.26. The van der Waals surface area contributed by atoms with Gasteiger partial charge in [-0.3, -0.25) is 4.79 Å². The maximum absolute atomic E-state index is 13.4. The smallest absolute Gasteiger partial charge is 0.147 e. The lowest BCUT2D eigenvalue weighted by Gasteiger charge is -2.24. The second-order valence-electron chi connectivity index (χ2n) is 5.62. The molecule has 2 nitrogen and oxygen atoms in total. The number of Topliss-reactive ketones (excluding diaryl/α,β-unsaturated/α-hetero) is 1. The number of halogens is 2. The lowest BCUT2D eigenvalue weighted by molar-refractivity contribution is -0.122. The zero-order valence-electron chi connectivity index (χ0n) is 12.0. The molecular weight excluding hydrogens is 333 g/mol. The Hall–Kier alpha value is -1.68. The van der Waals surface area contributed by atoms with Crippen LogP contribution in [-0.4, -0.2) is 5.78 Å². The Labute approximate surface area is 132 Å². The van der Waals surface area contributed by atoms with E-state index in [4.69, 9.17) is 5.73 Å². The largest absolute Gasteiger partial charge is 0.399 e. The minimum absolute atomic E-state index is 0.0322. The molecule has 0 aliphatic heterocycles. The first kappa shape index (κ1) is 15.7. The molecule has 0 saturated carbocycles. The monoisotopic (exact) mass is 349 g/mol. The fourth-order valence-corrected chi connectivity index (χ4v) is 2.69. The minimum atomic E-state index is -0.646. The molecule has 0 radical (unpaired) electrons. The van der Waals surface area contributed by atoms with Gasteiger partial charge in [0.1, 0.15) is 11.6 Å². The zero-order chi connectivity index (χ0) is 15.6. The van der Waals surface area contributed by atoms with E-state index in [0.29, 0.717) is 15.7 Å². The van der Waals surface area contributed by atoms with Gasteiger partial charge < -0.3 is 5.73 Å². The van der Waals surface area contributed by atoms with E-state index in [2.05, 4.69) is 15.9 Å². The van der Waals surface area contributed by atoms with Gasteiger partial charge in [0, 0.05) is 22.0 Å². The highest BCUT2D eigenvalue weighted by atomic mass is 79.9. The molecule has 0 aromatic heterocycles. The molecule has 0 aliphatic rings. The molecule has 0 heterocycles. The highest BCUT2D eigenvalue weighted by Gasteiger charge is 2.29. The SMILES string of the molecule is CC(C)(C(=O)Cc1cc(F)cc(Br)c1)c1ccc(N)cc1. The number of nitrogens with two attached hydrogens (primary N) is 1. The lowest BCUT2D eigenvalue weighted by Crippen LogP contribution is -2.30. The van der Waals surface area contributed by atoms with Gasteiger partial charge in [-0.1, -0.05) is 28.1 Å². The number of hydrogen-bond donors (Lipinski definition) is 1. The summed E-state index contributed by atoms with van der Waals surface area (Å²) in [6, 6.07) is 11.8. The molecule has 2 rings (SSSR count). The topological polar surface area (TPSA) is 43.1 Å². The van der Waals surface area contributed by atoms with Crippen molar-refractivity contribution in [2.24, 2.45) is 0 Å². The van der Waals surface area contributed by atoms with Gasteiger partial charge in [-0.2, -0.15) is 0 Å². The second kappa shape index (κ2) is 5.98. The average Bonchev–Trinajstić information content (AvgIpc) is 2.37. The Balaban J connectivity index is 2.23. The molecule has 4 heteroatoms. The Morgan fingerprint density at radius 3 is 2.38 bits per heavy atom. The van der Waals surface area contributed by atoms with E-state index in [9.17, 15) is 9.18 Å². The van der Waals surface area contributed by atoms with Crippen LogP contribution in [0.3, 0.4) is 0 Å². The number of rotatable bonds is 4. The fraction of sp³-hybridized carbons (Fsp3) is 0.235. The van der Waals surface area contributed by atoms with Crippen molar-refractivity contribution in [2.75, 3.05) is 5.73 Å². The van der Waals surface area contributed by atoms with Gasteiger partial charge in [0.05, 0.1) is 0 Å². The van der Waals surface area contributed by atoms with E-state index in [-0.39, 0.29) is 18.0 Å². The fourth-order valence-electron chi connectivity index (χ4n) is 2.18. The van der Waals surface area contributed by atoms with Gasteiger partial charge in [-0.15, -0.1) is 0 Å². The number of benzene rings is 2. The summed E-state index contributed by atoms with van der Waals surface area (Å²) < 4.78 is 14.0. The van der Waals surface area contributed by atoms with Crippen molar-refractivity contribution in [3.8, 4) is 0 Å². The standard InChI is InChI=1S/C17H17BrFNO/c1-17(2,12-3-5-15(20)6-4-12)16(21)9-11-7-13(18)10-14(19)8-11/h3-8,10H,9,20H2,1-2H3. The number of carbonyl (C=O) groups excluding carboxylic acids is 1. The Morgan fingerprint density at radius 2 is 1.81 bits per heavy atom. The first-order valence-electron chi connectivity index (χ1n) is 6.63. The normalized spacial score (nSPS) is 11.4. The molecular formula is C17H17BrFNO. The van der Waals surface area contributed by atoms with E-state index in [0.717, 1.165) is 5.56 Å². The summed E-state index contributed by atoms with van der Waals surface area (Å²) in [7, 11) is 0. The van der Waals surface area contributed by atoms with Crippen LogP contribution in [-0.2, 0) is 16.6 Å². The number of hydrogen-bond acceptors (Lipinski definition) is 2. The summed E-state index contributed by atoms with van der Waals surface area (Å²) in [5, 5.41) is 0. The van der Waals surface area contributed by atoms with E-state index < -0.39 is 5.41 Å². The quantitative estimate of drug-likeness (QED) is 0.838. The highest BCUT2D eigenvalue weighted by Crippen LogP contribution is 2.27. The van der Waals surface area contributed by atoms with Gasteiger partial charge in [0.25, 0.3) is 0 Å². The summed E-state index contributed by atoms with van der Waals surface area (Å²) in [6.07, 6.45) is 0.188. The van der Waals surface area contributed by atoms with Gasteiger partial charge in [0.15, 0.2) is 0 Å². The van der Waals surface area contributed by atoms with Crippen molar-refractivity contribution in [2.45, 2.75) is 25.7 Å². The summed E-state index contributed by atoms with van der Waals surface area (Å²) >= 11 is 3.24. The van der Waals surface area contributed by atoms with Crippen LogP contribution < -0.4 is 5.73 Å². The van der Waals surface area contributed by atoms with E-state index in [1.807, 2.05) is 26.0 Å². The third-order valence-electron chi connectivity index (χ3n) is 3.62. The van der Waals surface area contributed by atoms with Crippen molar-refractivity contribution in [1.82, 2.24) is 0 Å². The second-order valence-corrected chi connectivity index (χ2v) is 6.54. The molecule has 110 valence electrons. The maximum atomic E-state index is 13.4. The van der Waals surface area contributed by atoms with Crippen LogP contribution >= 0.6 is 15.9 Å². The number of carbonyl (C=O) groups is 1. The molecule has 0 atom stereocenters. The van der Waals surface area contributed by atoms with Crippen LogP contribution in [0.2, 0.25) is 0 Å². The zero-order valence-corrected chi connectivity index (χ0v) is 13.6. The Bertz CT molecular complexity index is 645. The first-order chi connectivity index (χ1) is 9.79. The van der Waals surface area contributed by atoms with Crippen LogP contribution in [0.25, 0.3) is 0 Å². The van der Waals surface area contributed by atoms with Crippen molar-refractivity contribution in [3.63, 3.8) is 0 Å². The van der Waals surface area contributed by atoms with Gasteiger partial charge in [-0.25, -0.2) is 4.39 Å². The average molecular weight is 350 g/mol. The molecule has 0 bridgehead atoms. The highest BCUT2D eigenvalue weighted by molar-refractivity contribution is 9.10. The molecule has 2 N–H and O–H groups in total. The Morgan fingerprint density at radius 1 is 1.19 bits per heavy atom. The lowest BCUT2D eigenvalue weighted by atomic mass is 9.78.